The summed E-state index contributed by atoms with van der Waals surface area (Å²) in [5, 5.41) is 7.61. The minimum atomic E-state index is -0.818. The Kier molecular flexibility index (Phi) is 10.2. The number of thiazole rings is 1. The number of rotatable bonds is 11. The van der Waals surface area contributed by atoms with Crippen molar-refractivity contribution in [3.8, 4) is 16.3 Å². The Hall–Kier alpha value is -3.25. The third-order valence-corrected chi connectivity index (χ3v) is 8.33. The standard InChI is InChI=1S/C29H35BrN4O6S/c1-16(2)26(24-13-25(33-40-24)38-11-10-30)29(37)34-14-22(39-19(5)35)12-23(34)28(36)32-17(3)20-6-8-21(9-7-20)27-18(4)31-15-41-27/h6-9,13,15-17,22-23,26H,10-12,14H2,1-5H3,(H,32,36)/t17?,22-,23+,26?/m1/s1. The van der Waals surface area contributed by atoms with Gasteiger partial charge >= 0.3 is 5.97 Å². The lowest BCUT2D eigenvalue weighted by molar-refractivity contribution is -0.147. The number of aromatic nitrogens is 2. The molecule has 3 aromatic rings. The molecule has 41 heavy (non-hydrogen) atoms. The molecule has 0 radical (unpaired) electrons. The lowest BCUT2D eigenvalue weighted by Gasteiger charge is -2.29. The average molecular weight is 648 g/mol. The van der Waals surface area contributed by atoms with Crippen LogP contribution in [0.4, 0.5) is 0 Å². The molecular weight excluding hydrogens is 612 g/mol. The second-order valence-electron chi connectivity index (χ2n) is 10.4. The van der Waals surface area contributed by atoms with Crippen LogP contribution in [0.5, 0.6) is 5.88 Å². The number of nitrogens with one attached hydrogen (secondary N) is 1. The normalized spacial score (nSPS) is 18.3. The Morgan fingerprint density at radius 1 is 1.22 bits per heavy atom. The first-order valence-corrected chi connectivity index (χ1v) is 15.5. The molecule has 1 fully saturated rings. The molecule has 0 saturated carbocycles. The van der Waals surface area contributed by atoms with E-state index in [4.69, 9.17) is 14.0 Å². The molecule has 1 aliphatic heterocycles. The van der Waals surface area contributed by atoms with E-state index in [1.807, 2.05) is 57.5 Å². The summed E-state index contributed by atoms with van der Waals surface area (Å²) in [6, 6.07) is 8.47. The summed E-state index contributed by atoms with van der Waals surface area (Å²) in [7, 11) is 0. The first kappa shape index (κ1) is 30.7. The maximum absolute atomic E-state index is 14.0. The van der Waals surface area contributed by atoms with E-state index in [0.29, 0.717) is 17.7 Å². The van der Waals surface area contributed by atoms with E-state index >= 15 is 0 Å². The van der Waals surface area contributed by atoms with E-state index in [-0.39, 0.29) is 42.6 Å². The number of carbonyl (C=O) groups is 3. The first-order chi connectivity index (χ1) is 19.6. The van der Waals surface area contributed by atoms with E-state index in [1.54, 1.807) is 17.4 Å². The number of carbonyl (C=O) groups excluding carboxylic acids is 3. The second kappa shape index (κ2) is 13.6. The largest absolute Gasteiger partial charge is 0.475 e. The maximum atomic E-state index is 14.0. The van der Waals surface area contributed by atoms with Crippen LogP contribution in [0.2, 0.25) is 0 Å². The van der Waals surface area contributed by atoms with Crippen molar-refractivity contribution in [1.82, 2.24) is 20.4 Å². The van der Waals surface area contributed by atoms with E-state index in [1.165, 1.54) is 11.8 Å². The SMILES string of the molecule is CC(=O)O[C@@H]1C[C@@H](C(=O)NC(C)c2ccc(-c3scnc3C)cc2)N(C(=O)C(c2cc(OCCBr)no2)C(C)C)C1. The Morgan fingerprint density at radius 3 is 2.56 bits per heavy atom. The van der Waals surface area contributed by atoms with Gasteiger partial charge in [-0.2, -0.15) is 0 Å². The number of benzene rings is 1. The predicted molar refractivity (Wildman–Crippen MR) is 158 cm³/mol. The lowest BCUT2D eigenvalue weighted by Crippen LogP contribution is -2.48. The number of hydrogen-bond donors (Lipinski definition) is 1. The van der Waals surface area contributed by atoms with Crippen molar-refractivity contribution in [2.45, 2.75) is 65.1 Å². The average Bonchev–Trinajstić information content (AvgIpc) is 3.67. The van der Waals surface area contributed by atoms with Gasteiger partial charge in [-0.05, 0) is 36.0 Å². The number of aryl methyl sites for hydroxylation is 1. The Bertz CT molecular complexity index is 1360. The lowest BCUT2D eigenvalue weighted by atomic mass is 9.91. The monoisotopic (exact) mass is 646 g/mol. The van der Waals surface area contributed by atoms with Gasteiger partial charge in [0.05, 0.1) is 35.3 Å². The van der Waals surface area contributed by atoms with E-state index in [0.717, 1.165) is 21.7 Å². The third kappa shape index (κ3) is 7.34. The van der Waals surface area contributed by atoms with Gasteiger partial charge in [-0.3, -0.25) is 14.4 Å². The summed E-state index contributed by atoms with van der Waals surface area (Å²) in [6.07, 6.45) is -0.390. The Morgan fingerprint density at radius 2 is 1.95 bits per heavy atom. The minimum Gasteiger partial charge on any atom is -0.475 e. The number of nitrogens with zero attached hydrogens (tertiary/aromatic N) is 3. The van der Waals surface area contributed by atoms with Crippen LogP contribution >= 0.6 is 27.3 Å². The fraction of sp³-hybridized carbons (Fsp3) is 0.483. The third-order valence-electron chi connectivity index (χ3n) is 7.03. The van der Waals surface area contributed by atoms with Crippen LogP contribution in [0.25, 0.3) is 10.4 Å². The fourth-order valence-electron chi connectivity index (χ4n) is 5.05. The van der Waals surface area contributed by atoms with Crippen molar-refractivity contribution in [2.24, 2.45) is 5.92 Å². The van der Waals surface area contributed by atoms with Crippen molar-refractivity contribution in [3.63, 3.8) is 0 Å². The number of amides is 2. The fourth-order valence-corrected chi connectivity index (χ4v) is 6.02. The molecule has 2 amide bonds. The molecule has 3 heterocycles. The molecular formula is C29H35BrN4O6S. The highest BCUT2D eigenvalue weighted by Crippen LogP contribution is 2.33. The quantitative estimate of drug-likeness (QED) is 0.227. The molecule has 2 unspecified atom stereocenters. The second-order valence-corrected chi connectivity index (χ2v) is 12.1. The van der Waals surface area contributed by atoms with Crippen LogP contribution in [0, 0.1) is 12.8 Å². The van der Waals surface area contributed by atoms with E-state index < -0.39 is 24.0 Å². The summed E-state index contributed by atoms with van der Waals surface area (Å²) in [4.78, 5) is 46.2. The van der Waals surface area contributed by atoms with Crippen LogP contribution in [-0.4, -0.2) is 63.5 Å². The van der Waals surface area contributed by atoms with Gasteiger partial charge in [0.25, 0.3) is 5.88 Å². The molecule has 1 aliphatic rings. The first-order valence-electron chi connectivity index (χ1n) is 13.5. The van der Waals surface area contributed by atoms with Gasteiger partial charge in [0.1, 0.15) is 18.1 Å². The van der Waals surface area contributed by atoms with Crippen LogP contribution in [0.1, 0.15) is 63.1 Å². The molecule has 0 spiro atoms. The van der Waals surface area contributed by atoms with Gasteiger partial charge < -0.3 is 24.2 Å². The van der Waals surface area contributed by atoms with Crippen molar-refractivity contribution in [3.05, 3.63) is 52.9 Å². The van der Waals surface area contributed by atoms with Gasteiger partial charge in [0, 0.05) is 24.7 Å². The molecule has 2 aromatic heterocycles. The van der Waals surface area contributed by atoms with Crippen molar-refractivity contribution in [1.29, 1.82) is 0 Å². The summed E-state index contributed by atoms with van der Waals surface area (Å²) in [5.74, 6) is -1.28. The zero-order valence-electron chi connectivity index (χ0n) is 23.8. The number of halogens is 1. The Balaban J connectivity index is 1.51. The highest BCUT2D eigenvalue weighted by atomic mass is 79.9. The summed E-state index contributed by atoms with van der Waals surface area (Å²) in [5.41, 5.74) is 4.79. The highest BCUT2D eigenvalue weighted by Gasteiger charge is 2.45. The molecule has 220 valence electrons. The van der Waals surface area contributed by atoms with E-state index in [2.05, 4.69) is 31.4 Å². The van der Waals surface area contributed by atoms with Gasteiger partial charge in [0.2, 0.25) is 11.8 Å². The Labute approximate surface area is 251 Å². The maximum Gasteiger partial charge on any atom is 0.302 e. The van der Waals surface area contributed by atoms with Crippen LogP contribution in [0.15, 0.2) is 40.4 Å². The van der Waals surface area contributed by atoms with Gasteiger partial charge in [0.15, 0.2) is 5.76 Å². The number of alkyl halides is 1. The zero-order chi connectivity index (χ0) is 29.7. The molecule has 1 N–H and O–H groups in total. The summed E-state index contributed by atoms with van der Waals surface area (Å²) >= 11 is 4.89. The molecule has 10 nitrogen and oxygen atoms in total. The highest BCUT2D eigenvalue weighted by molar-refractivity contribution is 9.09. The van der Waals surface area contributed by atoms with Gasteiger partial charge in [-0.25, -0.2) is 4.98 Å². The van der Waals surface area contributed by atoms with Crippen molar-refractivity contribution in [2.75, 3.05) is 18.5 Å². The molecule has 4 rings (SSSR count). The molecule has 1 saturated heterocycles. The molecule has 1 aromatic carbocycles. The smallest absolute Gasteiger partial charge is 0.302 e. The molecule has 0 bridgehead atoms. The van der Waals surface area contributed by atoms with Crippen LogP contribution < -0.4 is 10.1 Å². The van der Waals surface area contributed by atoms with Crippen molar-refractivity contribution < 1.29 is 28.4 Å². The number of likely N-dealkylation sites (tertiary alicyclic amines) is 1. The molecule has 0 aliphatic carbocycles. The van der Waals surface area contributed by atoms with Crippen molar-refractivity contribution >= 4 is 45.1 Å². The molecule has 4 atom stereocenters. The zero-order valence-corrected chi connectivity index (χ0v) is 26.2. The van der Waals surface area contributed by atoms with Gasteiger partial charge in [-0.1, -0.05) is 54.0 Å². The topological polar surface area (TPSA) is 124 Å². The summed E-state index contributed by atoms with van der Waals surface area (Å²) < 4.78 is 16.4. The number of hydrogen-bond acceptors (Lipinski definition) is 9. The van der Waals surface area contributed by atoms with Crippen LogP contribution in [-0.2, 0) is 19.1 Å². The van der Waals surface area contributed by atoms with Crippen LogP contribution in [0.3, 0.4) is 0 Å². The van der Waals surface area contributed by atoms with Gasteiger partial charge in [-0.15, -0.1) is 11.3 Å². The number of esters is 1. The minimum absolute atomic E-state index is 0.109. The number of ether oxygens (including phenoxy) is 2. The predicted octanol–water partition coefficient (Wildman–Crippen LogP) is 5.03. The summed E-state index contributed by atoms with van der Waals surface area (Å²) in [6.45, 7) is 9.50. The van der Waals surface area contributed by atoms with E-state index in [9.17, 15) is 14.4 Å². The molecule has 12 heteroatoms.